The van der Waals surface area contributed by atoms with E-state index in [9.17, 15) is 0 Å². The number of hydrogen-bond acceptors (Lipinski definition) is 0. The molecule has 304 valence electrons. The summed E-state index contributed by atoms with van der Waals surface area (Å²) in [4.78, 5) is 0. The van der Waals surface area contributed by atoms with Gasteiger partial charge in [-0.3, -0.25) is 0 Å². The second-order valence-electron chi connectivity index (χ2n) is 17.6. The molecule has 0 amide bonds. The van der Waals surface area contributed by atoms with Crippen molar-refractivity contribution in [2.75, 3.05) is 0 Å². The van der Waals surface area contributed by atoms with Crippen LogP contribution in [0.3, 0.4) is 0 Å². The van der Waals surface area contributed by atoms with Crippen molar-refractivity contribution >= 4 is 137 Å². The molecule has 0 saturated heterocycles. The Balaban J connectivity index is 1.09. The van der Waals surface area contributed by atoms with Crippen LogP contribution in [-0.4, -0.2) is 64.1 Å². The fourth-order valence-corrected chi connectivity index (χ4v) is 10.3. The summed E-state index contributed by atoms with van der Waals surface area (Å²) in [5.41, 5.74) is 17.1. The average molecular weight is 858 g/mol. The lowest BCUT2D eigenvalue weighted by Crippen LogP contribution is -2.48. The van der Waals surface area contributed by atoms with Gasteiger partial charge in [-0.05, 0) is 116 Å². The van der Waals surface area contributed by atoms with Gasteiger partial charge in [0.1, 0.15) is 54.9 Å². The number of nitrogens with zero attached hydrogens (tertiary/aromatic N) is 2. The Morgan fingerprint density at radius 1 is 0.246 bits per heavy atom. The summed E-state index contributed by atoms with van der Waals surface area (Å²) in [7, 11) is 48.9. The number of hydrogen-bond donors (Lipinski definition) is 0. The molecule has 69 heavy (non-hydrogen) atoms. The summed E-state index contributed by atoms with van der Waals surface area (Å²) < 4.78 is 4.26. The molecular formula is C60H33B7N2. The largest absolute Gasteiger partial charge is 0.311 e. The number of rotatable bonds is 7. The quantitative estimate of drug-likeness (QED) is 0.145. The van der Waals surface area contributed by atoms with Crippen molar-refractivity contribution in [3.8, 4) is 67.0 Å². The van der Waals surface area contributed by atoms with Gasteiger partial charge in [0.2, 0.25) is 0 Å². The van der Waals surface area contributed by atoms with Gasteiger partial charge in [-0.25, -0.2) is 0 Å². The Bertz CT molecular complexity index is 3990. The van der Waals surface area contributed by atoms with E-state index in [0.717, 1.165) is 83.3 Å². The molecule has 10 aromatic carbocycles. The molecule has 12 aromatic rings. The maximum absolute atomic E-state index is 7.44. The van der Waals surface area contributed by atoms with Crippen LogP contribution in [0, 0.1) is 0 Å². The molecule has 0 aliphatic heterocycles. The second-order valence-corrected chi connectivity index (χ2v) is 17.6. The number of fused-ring (bicyclic) bond motifs is 6. The van der Waals surface area contributed by atoms with Crippen molar-refractivity contribution in [3.63, 3.8) is 0 Å². The van der Waals surface area contributed by atoms with Gasteiger partial charge in [-0.15, -0.1) is 10.9 Å². The standard InChI is InChI=1S/C60H33B7N2/c61-52-49(53(62)57(66)59-50(52)51-54(63)55(64)56(65)58(67)60(51)69(59)44-27-21-38(22-28-44)35-13-6-2-7-14-35)42-24-30-48-46(33-42)45-32-41(40-18-10-17-39(31-40)36-15-8-3-9-16-36)23-29-47(45)68(48)43-25-19-37(20-26-43)34-11-4-1-5-12-34/h1-33H. The highest BCUT2D eigenvalue weighted by Crippen LogP contribution is 2.39. The van der Waals surface area contributed by atoms with Crippen LogP contribution < -0.4 is 38.2 Å². The SMILES string of the molecule is [B]c1c([B])c([B])c2c(c1[B])c1c([B])c(-c3ccc4c(c3)c3cc(-c5cccc(-c6ccccc6)c5)ccc3n4-c3ccc(-c4ccccc4)cc3)c([B])c([B])c1n2-c1ccc(-c2ccccc2)cc1. The lowest BCUT2D eigenvalue weighted by molar-refractivity contribution is 1.18. The highest BCUT2D eigenvalue weighted by atomic mass is 15.0. The van der Waals surface area contributed by atoms with E-state index in [0.29, 0.717) is 43.8 Å². The van der Waals surface area contributed by atoms with Gasteiger partial charge >= 0.3 is 0 Å². The first-order chi connectivity index (χ1) is 33.7. The van der Waals surface area contributed by atoms with E-state index in [2.05, 4.69) is 162 Å². The summed E-state index contributed by atoms with van der Waals surface area (Å²) in [6.45, 7) is 0. The van der Waals surface area contributed by atoms with E-state index in [1.807, 2.05) is 47.0 Å². The van der Waals surface area contributed by atoms with E-state index in [4.69, 9.17) is 54.9 Å². The van der Waals surface area contributed by atoms with Crippen molar-refractivity contribution in [2.24, 2.45) is 0 Å². The maximum atomic E-state index is 7.44. The van der Waals surface area contributed by atoms with Crippen molar-refractivity contribution in [2.45, 2.75) is 0 Å². The van der Waals surface area contributed by atoms with Gasteiger partial charge in [0.15, 0.2) is 0 Å². The molecule has 2 aromatic heterocycles. The van der Waals surface area contributed by atoms with E-state index in [1.165, 1.54) is 0 Å². The van der Waals surface area contributed by atoms with Crippen LogP contribution in [-0.2, 0) is 0 Å². The molecule has 0 atom stereocenters. The predicted molar refractivity (Wildman–Crippen MR) is 300 cm³/mol. The topological polar surface area (TPSA) is 9.86 Å². The first-order valence-electron chi connectivity index (χ1n) is 22.8. The highest BCUT2D eigenvalue weighted by Gasteiger charge is 2.25. The van der Waals surface area contributed by atoms with Crippen molar-refractivity contribution in [1.29, 1.82) is 0 Å². The molecule has 0 saturated carbocycles. The van der Waals surface area contributed by atoms with E-state index in [1.54, 1.807) is 0 Å². The molecule has 0 unspecified atom stereocenters. The van der Waals surface area contributed by atoms with E-state index in [-0.39, 0.29) is 21.9 Å². The predicted octanol–water partition coefficient (Wildman–Crippen LogP) is 7.77. The molecule has 14 radical (unpaired) electrons. The zero-order valence-corrected chi connectivity index (χ0v) is 37.5. The van der Waals surface area contributed by atoms with Crippen LogP contribution in [0.5, 0.6) is 0 Å². The normalized spacial score (nSPS) is 11.6. The fourth-order valence-electron chi connectivity index (χ4n) is 10.3. The maximum Gasteiger partial charge on any atom is 0.115 e. The summed E-state index contributed by atoms with van der Waals surface area (Å²) in [5.74, 6) is 0. The molecular weight excluding hydrogens is 824 g/mol. The summed E-state index contributed by atoms with van der Waals surface area (Å²) in [5, 5.41) is 3.20. The fraction of sp³-hybridized carbons (Fsp3) is 0. The average Bonchev–Trinajstić information content (AvgIpc) is 3.94. The smallest absolute Gasteiger partial charge is 0.115 e. The minimum absolute atomic E-state index is 0.172. The van der Waals surface area contributed by atoms with Gasteiger partial charge < -0.3 is 9.13 Å². The zero-order valence-electron chi connectivity index (χ0n) is 37.5. The summed E-state index contributed by atoms with van der Waals surface area (Å²) in [6, 6.07) is 69.5. The van der Waals surface area contributed by atoms with E-state index < -0.39 is 0 Å². The second kappa shape index (κ2) is 16.8. The third-order valence-electron chi connectivity index (χ3n) is 13.7. The minimum atomic E-state index is 0.172. The van der Waals surface area contributed by atoms with Crippen LogP contribution in [0.15, 0.2) is 200 Å². The monoisotopic (exact) mass is 858 g/mol. The molecule has 0 bridgehead atoms. The lowest BCUT2D eigenvalue weighted by atomic mass is 9.64. The van der Waals surface area contributed by atoms with Gasteiger partial charge in [0, 0.05) is 38.6 Å². The van der Waals surface area contributed by atoms with E-state index >= 15 is 0 Å². The van der Waals surface area contributed by atoms with Gasteiger partial charge in [-0.2, -0.15) is 0 Å². The van der Waals surface area contributed by atoms with Crippen LogP contribution in [0.1, 0.15) is 0 Å². The first kappa shape index (κ1) is 42.6. The third kappa shape index (κ3) is 6.89. The Kier molecular flexibility index (Phi) is 10.4. The van der Waals surface area contributed by atoms with Gasteiger partial charge in [0.05, 0.1) is 11.0 Å². The van der Waals surface area contributed by atoms with Crippen molar-refractivity contribution in [1.82, 2.24) is 9.13 Å². The molecule has 0 spiro atoms. The van der Waals surface area contributed by atoms with Gasteiger partial charge in [0.25, 0.3) is 0 Å². The Morgan fingerprint density at radius 3 is 1.14 bits per heavy atom. The van der Waals surface area contributed by atoms with Crippen molar-refractivity contribution in [3.05, 3.63) is 200 Å². The molecule has 2 nitrogen and oxygen atoms in total. The highest BCUT2D eigenvalue weighted by molar-refractivity contribution is 6.69. The Labute approximate surface area is 410 Å². The van der Waals surface area contributed by atoms with Crippen molar-refractivity contribution < 1.29 is 0 Å². The molecule has 12 rings (SSSR count). The minimum Gasteiger partial charge on any atom is -0.311 e. The van der Waals surface area contributed by atoms with Crippen LogP contribution in [0.2, 0.25) is 0 Å². The number of benzene rings is 10. The molecule has 0 fully saturated rings. The molecule has 0 N–H and O–H groups in total. The lowest BCUT2D eigenvalue weighted by Gasteiger charge is -2.19. The summed E-state index contributed by atoms with van der Waals surface area (Å²) in [6.07, 6.45) is 0. The first-order valence-corrected chi connectivity index (χ1v) is 22.8. The summed E-state index contributed by atoms with van der Waals surface area (Å²) >= 11 is 0. The van der Waals surface area contributed by atoms with Crippen LogP contribution >= 0.6 is 0 Å². The molecule has 0 aliphatic carbocycles. The third-order valence-corrected chi connectivity index (χ3v) is 13.7. The molecule has 0 aliphatic rings. The van der Waals surface area contributed by atoms with Crippen LogP contribution in [0.25, 0.3) is 111 Å². The van der Waals surface area contributed by atoms with Gasteiger partial charge in [-0.1, -0.05) is 173 Å². The Morgan fingerprint density at radius 2 is 0.609 bits per heavy atom. The number of aromatic nitrogens is 2. The Hall–Kier alpha value is -7.75. The van der Waals surface area contributed by atoms with Crippen LogP contribution in [0.4, 0.5) is 0 Å². The molecule has 2 heterocycles. The zero-order chi connectivity index (χ0) is 47.1. The molecule has 9 heteroatoms.